The molecule has 0 saturated carbocycles. The maximum absolute atomic E-state index is 13.4. The summed E-state index contributed by atoms with van der Waals surface area (Å²) in [6.45, 7) is 3.98. The molecule has 0 bridgehead atoms. The molecular formula is C17H19ClFNO. The number of nitrogens with one attached hydrogen (secondary N) is 1. The quantitative estimate of drug-likeness (QED) is 0.821. The zero-order valence-electron chi connectivity index (χ0n) is 12.0. The molecule has 0 aliphatic heterocycles. The van der Waals surface area contributed by atoms with Gasteiger partial charge in [-0.05, 0) is 41.9 Å². The van der Waals surface area contributed by atoms with E-state index in [9.17, 15) is 4.39 Å². The first kappa shape index (κ1) is 16.0. The van der Waals surface area contributed by atoms with E-state index in [0.29, 0.717) is 18.2 Å². The van der Waals surface area contributed by atoms with Crippen molar-refractivity contribution < 1.29 is 9.13 Å². The van der Waals surface area contributed by atoms with Gasteiger partial charge in [-0.25, -0.2) is 4.39 Å². The Bertz CT molecular complexity index is 559. The highest BCUT2D eigenvalue weighted by Crippen LogP contribution is 2.20. The average molecular weight is 308 g/mol. The number of hydrogen-bond acceptors (Lipinski definition) is 2. The van der Waals surface area contributed by atoms with E-state index in [2.05, 4.69) is 5.32 Å². The van der Waals surface area contributed by atoms with Gasteiger partial charge in [0.15, 0.2) is 0 Å². The number of halogens is 2. The molecule has 0 fully saturated rings. The minimum atomic E-state index is -0.246. The lowest BCUT2D eigenvalue weighted by atomic mass is 10.1. The molecule has 4 heteroatoms. The van der Waals surface area contributed by atoms with Crippen molar-refractivity contribution in [2.24, 2.45) is 0 Å². The molecule has 2 aromatic carbocycles. The van der Waals surface area contributed by atoms with E-state index in [1.54, 1.807) is 6.07 Å². The molecule has 2 aromatic rings. The number of hydrogen-bond donors (Lipinski definition) is 1. The molecular weight excluding hydrogens is 289 g/mol. The number of likely N-dealkylation sites (N-methyl/N-ethyl adjacent to an activating group) is 1. The molecule has 0 aromatic heterocycles. The minimum Gasteiger partial charge on any atom is -0.368 e. The Morgan fingerprint density at radius 2 is 1.95 bits per heavy atom. The summed E-state index contributed by atoms with van der Waals surface area (Å²) in [4.78, 5) is 0. The summed E-state index contributed by atoms with van der Waals surface area (Å²) in [5.41, 5.74) is 1.88. The number of benzene rings is 2. The highest BCUT2D eigenvalue weighted by molar-refractivity contribution is 6.30. The second-order valence-electron chi connectivity index (χ2n) is 4.79. The van der Waals surface area contributed by atoms with Crippen LogP contribution in [0, 0.1) is 5.82 Å². The smallest absolute Gasteiger partial charge is 0.123 e. The van der Waals surface area contributed by atoms with Gasteiger partial charge < -0.3 is 10.1 Å². The van der Waals surface area contributed by atoms with Crippen LogP contribution < -0.4 is 5.32 Å². The van der Waals surface area contributed by atoms with Crippen LogP contribution in [0.25, 0.3) is 0 Å². The molecule has 0 aliphatic rings. The Hall–Kier alpha value is -1.42. The predicted octanol–water partition coefficient (Wildman–Crippen LogP) is 4.35. The first-order valence-corrected chi connectivity index (χ1v) is 7.39. The van der Waals surface area contributed by atoms with Gasteiger partial charge in [-0.15, -0.1) is 0 Å². The van der Waals surface area contributed by atoms with Crippen LogP contribution in [0.4, 0.5) is 4.39 Å². The normalized spacial score (nSPS) is 12.3. The molecule has 0 spiro atoms. The maximum atomic E-state index is 13.4. The number of rotatable bonds is 7. The standard InChI is InChI=1S/C17H19ClFNO/c1-2-20-11-17(14-4-3-5-16(19)10-14)21-12-13-6-8-15(18)9-7-13/h3-10,17,20H,2,11-12H2,1H3. The Morgan fingerprint density at radius 1 is 1.19 bits per heavy atom. The predicted molar refractivity (Wildman–Crippen MR) is 83.9 cm³/mol. The zero-order valence-corrected chi connectivity index (χ0v) is 12.7. The van der Waals surface area contributed by atoms with Gasteiger partial charge in [0.1, 0.15) is 5.82 Å². The largest absolute Gasteiger partial charge is 0.368 e. The van der Waals surface area contributed by atoms with E-state index >= 15 is 0 Å². The van der Waals surface area contributed by atoms with Gasteiger partial charge in [0.25, 0.3) is 0 Å². The van der Waals surface area contributed by atoms with Crippen molar-refractivity contribution in [1.29, 1.82) is 0 Å². The van der Waals surface area contributed by atoms with Crippen molar-refractivity contribution >= 4 is 11.6 Å². The van der Waals surface area contributed by atoms with Crippen molar-refractivity contribution in [3.05, 3.63) is 70.5 Å². The Balaban J connectivity index is 2.04. The fraction of sp³-hybridized carbons (Fsp3) is 0.294. The van der Waals surface area contributed by atoms with Crippen molar-refractivity contribution in [2.45, 2.75) is 19.6 Å². The Morgan fingerprint density at radius 3 is 2.62 bits per heavy atom. The monoisotopic (exact) mass is 307 g/mol. The number of ether oxygens (including phenoxy) is 1. The van der Waals surface area contributed by atoms with Crippen LogP contribution in [0.1, 0.15) is 24.2 Å². The highest BCUT2D eigenvalue weighted by Gasteiger charge is 2.12. The fourth-order valence-corrected chi connectivity index (χ4v) is 2.16. The van der Waals surface area contributed by atoms with Gasteiger partial charge in [0, 0.05) is 11.6 Å². The Kier molecular flexibility index (Phi) is 6.18. The third-order valence-electron chi connectivity index (χ3n) is 3.16. The molecule has 21 heavy (non-hydrogen) atoms. The molecule has 0 radical (unpaired) electrons. The lowest BCUT2D eigenvalue weighted by Gasteiger charge is -2.19. The molecule has 112 valence electrons. The molecule has 1 unspecified atom stereocenters. The summed E-state index contributed by atoms with van der Waals surface area (Å²) in [7, 11) is 0. The third kappa shape index (κ3) is 5.12. The summed E-state index contributed by atoms with van der Waals surface area (Å²) in [6, 6.07) is 14.1. The summed E-state index contributed by atoms with van der Waals surface area (Å²) in [6.07, 6.45) is -0.184. The molecule has 2 nitrogen and oxygen atoms in total. The maximum Gasteiger partial charge on any atom is 0.123 e. The molecule has 0 amide bonds. The van der Waals surface area contributed by atoms with E-state index in [4.69, 9.17) is 16.3 Å². The molecule has 0 heterocycles. The van der Waals surface area contributed by atoms with Crippen molar-refractivity contribution in [3.8, 4) is 0 Å². The average Bonchev–Trinajstić information content (AvgIpc) is 2.49. The molecule has 1 atom stereocenters. The lowest BCUT2D eigenvalue weighted by Crippen LogP contribution is -2.23. The van der Waals surface area contributed by atoms with Crippen molar-refractivity contribution in [1.82, 2.24) is 5.32 Å². The SMILES string of the molecule is CCNCC(OCc1ccc(Cl)cc1)c1cccc(F)c1. The second-order valence-corrected chi connectivity index (χ2v) is 5.23. The summed E-state index contributed by atoms with van der Waals surface area (Å²) in [5, 5.41) is 3.95. The van der Waals surface area contributed by atoms with Gasteiger partial charge in [0.2, 0.25) is 0 Å². The first-order chi connectivity index (χ1) is 10.2. The molecule has 0 saturated heterocycles. The Labute approximate surface area is 129 Å². The zero-order chi connectivity index (χ0) is 15.1. The van der Waals surface area contributed by atoms with E-state index in [1.807, 2.05) is 37.3 Å². The minimum absolute atomic E-state index is 0.184. The van der Waals surface area contributed by atoms with Crippen LogP contribution in [0.5, 0.6) is 0 Å². The molecule has 0 aliphatic carbocycles. The second kappa shape index (κ2) is 8.13. The topological polar surface area (TPSA) is 21.3 Å². The van der Waals surface area contributed by atoms with Crippen molar-refractivity contribution in [2.75, 3.05) is 13.1 Å². The molecule has 2 rings (SSSR count). The van der Waals surface area contributed by atoms with Gasteiger partial charge in [-0.2, -0.15) is 0 Å². The summed E-state index contributed by atoms with van der Waals surface area (Å²) in [5.74, 6) is -0.246. The van der Waals surface area contributed by atoms with Crippen LogP contribution in [-0.2, 0) is 11.3 Å². The van der Waals surface area contributed by atoms with Crippen LogP contribution in [0.3, 0.4) is 0 Å². The van der Waals surface area contributed by atoms with Crippen molar-refractivity contribution in [3.63, 3.8) is 0 Å². The van der Waals surface area contributed by atoms with Crippen LogP contribution in [0.15, 0.2) is 48.5 Å². The molecule has 1 N–H and O–H groups in total. The third-order valence-corrected chi connectivity index (χ3v) is 3.42. The van der Waals surface area contributed by atoms with Crippen LogP contribution in [-0.4, -0.2) is 13.1 Å². The summed E-state index contributed by atoms with van der Waals surface area (Å²) < 4.78 is 19.3. The van der Waals surface area contributed by atoms with E-state index in [0.717, 1.165) is 17.7 Å². The van der Waals surface area contributed by atoms with Gasteiger partial charge >= 0.3 is 0 Å². The first-order valence-electron chi connectivity index (χ1n) is 7.01. The summed E-state index contributed by atoms with van der Waals surface area (Å²) >= 11 is 5.86. The lowest BCUT2D eigenvalue weighted by molar-refractivity contribution is 0.0400. The highest BCUT2D eigenvalue weighted by atomic mass is 35.5. The van der Waals surface area contributed by atoms with E-state index in [1.165, 1.54) is 12.1 Å². The van der Waals surface area contributed by atoms with Crippen LogP contribution in [0.2, 0.25) is 5.02 Å². The van der Waals surface area contributed by atoms with Gasteiger partial charge in [0.05, 0.1) is 12.7 Å². The van der Waals surface area contributed by atoms with Gasteiger partial charge in [-0.1, -0.05) is 42.8 Å². The van der Waals surface area contributed by atoms with E-state index < -0.39 is 0 Å². The van der Waals surface area contributed by atoms with Gasteiger partial charge in [-0.3, -0.25) is 0 Å². The van der Waals surface area contributed by atoms with Crippen LogP contribution >= 0.6 is 11.6 Å². The van der Waals surface area contributed by atoms with E-state index in [-0.39, 0.29) is 11.9 Å². The fourth-order valence-electron chi connectivity index (χ4n) is 2.03.